The normalized spacial score (nSPS) is 16.3. The summed E-state index contributed by atoms with van der Waals surface area (Å²) in [6.45, 7) is 10.1. The van der Waals surface area contributed by atoms with Crippen LogP contribution in [0.1, 0.15) is 48.1 Å². The number of nitrogens with one attached hydrogen (secondary N) is 2. The summed E-state index contributed by atoms with van der Waals surface area (Å²) in [4.78, 5) is 0. The summed E-state index contributed by atoms with van der Waals surface area (Å²) in [6.07, 6.45) is 16.5. The summed E-state index contributed by atoms with van der Waals surface area (Å²) >= 11 is 0. The van der Waals surface area contributed by atoms with Crippen LogP contribution in [0.15, 0.2) is 155 Å². The van der Waals surface area contributed by atoms with Crippen molar-refractivity contribution < 1.29 is 8.83 Å². The molecular formula is C45H36N2O2. The largest absolute Gasteiger partial charge is 0.455 e. The first kappa shape index (κ1) is 30.3. The zero-order valence-electron chi connectivity index (χ0n) is 27.4. The van der Waals surface area contributed by atoms with E-state index in [2.05, 4.69) is 110 Å². The van der Waals surface area contributed by atoms with Crippen molar-refractivity contribution >= 4 is 55.6 Å². The number of benzene rings is 4. The molecule has 2 unspecified atom stereocenters. The van der Waals surface area contributed by atoms with E-state index in [1.165, 1.54) is 11.1 Å². The third kappa shape index (κ3) is 5.33. The van der Waals surface area contributed by atoms with Gasteiger partial charge in [0.2, 0.25) is 0 Å². The molecule has 2 N–H and O–H groups in total. The van der Waals surface area contributed by atoms with Crippen LogP contribution < -0.4 is 16.0 Å². The molecular weight excluding hydrogens is 601 g/mol. The molecule has 0 saturated carbocycles. The molecule has 4 heteroatoms. The second-order valence-corrected chi connectivity index (χ2v) is 12.6. The van der Waals surface area contributed by atoms with Gasteiger partial charge in [-0.3, -0.25) is 5.41 Å². The lowest BCUT2D eigenvalue weighted by Crippen LogP contribution is -2.29. The Balaban J connectivity index is 1.27. The molecule has 0 amide bonds. The molecule has 2 aromatic heterocycles. The minimum atomic E-state index is -0.342. The van der Waals surface area contributed by atoms with Gasteiger partial charge in [-0.05, 0) is 65.5 Å². The van der Waals surface area contributed by atoms with E-state index in [1.807, 2.05) is 36.4 Å². The van der Waals surface area contributed by atoms with Gasteiger partial charge >= 0.3 is 0 Å². The van der Waals surface area contributed by atoms with Gasteiger partial charge < -0.3 is 14.2 Å². The lowest BCUT2D eigenvalue weighted by molar-refractivity contribution is 0.565. The SMILES string of the molecule is C=C/C=C(\C=C)C(NC(=N)c1ccccc1)c1ccc2c3c(oc2c1)=C(c1cccc2c1oc1cc(C4=CCCC=C4)ccc12)C(C)C=C=3. The monoisotopic (exact) mass is 636 g/mol. The van der Waals surface area contributed by atoms with E-state index in [1.54, 1.807) is 12.2 Å². The molecule has 0 fully saturated rings. The summed E-state index contributed by atoms with van der Waals surface area (Å²) in [6, 6.07) is 28.5. The molecule has 0 bridgehead atoms. The highest BCUT2D eigenvalue weighted by Gasteiger charge is 2.24. The third-order valence-electron chi connectivity index (χ3n) is 9.57. The minimum Gasteiger partial charge on any atom is -0.455 e. The quantitative estimate of drug-likeness (QED) is 0.0993. The zero-order valence-corrected chi connectivity index (χ0v) is 27.4. The van der Waals surface area contributed by atoms with E-state index in [-0.39, 0.29) is 12.0 Å². The number of furan rings is 2. The highest BCUT2D eigenvalue weighted by Crippen LogP contribution is 2.37. The summed E-state index contributed by atoms with van der Waals surface area (Å²) in [5, 5.41) is 16.4. The van der Waals surface area contributed by atoms with E-state index >= 15 is 0 Å². The van der Waals surface area contributed by atoms with Gasteiger partial charge in [-0.15, -0.1) is 5.73 Å². The van der Waals surface area contributed by atoms with Crippen LogP contribution in [0.5, 0.6) is 0 Å². The van der Waals surface area contributed by atoms with E-state index in [9.17, 15) is 0 Å². The van der Waals surface area contributed by atoms with Gasteiger partial charge in [0.25, 0.3) is 0 Å². The van der Waals surface area contributed by atoms with Crippen LogP contribution in [0.2, 0.25) is 0 Å². The van der Waals surface area contributed by atoms with Crippen LogP contribution in [0, 0.1) is 11.3 Å². The van der Waals surface area contributed by atoms with Crippen molar-refractivity contribution in [3.05, 3.63) is 179 Å². The minimum absolute atomic E-state index is 0.0584. The fourth-order valence-corrected chi connectivity index (χ4v) is 7.12. The van der Waals surface area contributed by atoms with Crippen molar-refractivity contribution in [3.8, 4) is 0 Å². The van der Waals surface area contributed by atoms with Crippen molar-refractivity contribution in [3.63, 3.8) is 0 Å². The molecule has 0 saturated heterocycles. The Morgan fingerprint density at radius 3 is 2.55 bits per heavy atom. The first-order valence-electron chi connectivity index (χ1n) is 16.8. The molecule has 0 radical (unpaired) electrons. The van der Waals surface area contributed by atoms with Crippen molar-refractivity contribution in [2.75, 3.05) is 0 Å². The maximum Gasteiger partial charge on any atom is 0.147 e. The van der Waals surface area contributed by atoms with Crippen molar-refractivity contribution in [1.82, 2.24) is 5.32 Å². The molecule has 4 aromatic carbocycles. The van der Waals surface area contributed by atoms with Crippen LogP contribution in [0.4, 0.5) is 0 Å². The lowest BCUT2D eigenvalue weighted by Gasteiger charge is -2.22. The number of fused-ring (bicyclic) bond motifs is 6. The van der Waals surface area contributed by atoms with Crippen LogP contribution in [-0.2, 0) is 0 Å². The molecule has 6 aromatic rings. The van der Waals surface area contributed by atoms with Gasteiger partial charge in [0.1, 0.15) is 28.0 Å². The molecule has 49 heavy (non-hydrogen) atoms. The van der Waals surface area contributed by atoms with E-state index in [0.717, 1.165) is 84.2 Å². The molecule has 2 atom stereocenters. The smallest absolute Gasteiger partial charge is 0.147 e. The molecule has 0 spiro atoms. The van der Waals surface area contributed by atoms with Crippen molar-refractivity contribution in [2.24, 2.45) is 5.92 Å². The molecule has 2 aliphatic rings. The van der Waals surface area contributed by atoms with Crippen LogP contribution in [0.3, 0.4) is 0 Å². The third-order valence-corrected chi connectivity index (χ3v) is 9.57. The molecule has 4 nitrogen and oxygen atoms in total. The van der Waals surface area contributed by atoms with Gasteiger partial charge in [-0.2, -0.15) is 0 Å². The number of rotatable bonds is 8. The predicted molar refractivity (Wildman–Crippen MR) is 203 cm³/mol. The average Bonchev–Trinajstić information content (AvgIpc) is 3.71. The standard InChI is InChI=1S/C45H36N2O2/c1-4-13-29(5-2)42(47-45(46)31-16-10-7-11-17-31)33-22-25-35-37-23-20-28(3)41(44(37)49-40(35)27-33)38-19-12-18-36-34-24-21-32(26-39(34)48-43(36)38)30-14-8-6-9-15-30/h4-5,7-8,10-22,24-28,42H,1-2,6,9H2,3H3,(H2,46,47)/b29-13+. The summed E-state index contributed by atoms with van der Waals surface area (Å²) in [5.74, 6) is 0.378. The van der Waals surface area contributed by atoms with Gasteiger partial charge in [-0.25, -0.2) is 0 Å². The Morgan fingerprint density at radius 1 is 0.918 bits per heavy atom. The Hall–Kier alpha value is -6.09. The summed E-state index contributed by atoms with van der Waals surface area (Å²) < 4.78 is 13.5. The first-order chi connectivity index (χ1) is 24.0. The fourth-order valence-electron chi connectivity index (χ4n) is 7.12. The lowest BCUT2D eigenvalue weighted by atomic mass is 9.90. The number of allylic oxidation sites excluding steroid dienone is 7. The second-order valence-electron chi connectivity index (χ2n) is 12.6. The summed E-state index contributed by atoms with van der Waals surface area (Å²) in [7, 11) is 0. The molecule has 8 rings (SSSR count). The zero-order chi connectivity index (χ0) is 33.5. The van der Waals surface area contributed by atoms with E-state index in [0.29, 0.717) is 5.84 Å². The van der Waals surface area contributed by atoms with Crippen LogP contribution in [0.25, 0.3) is 49.8 Å². The second kappa shape index (κ2) is 12.5. The number of hydrogen-bond donors (Lipinski definition) is 2. The molecule has 238 valence electrons. The van der Waals surface area contributed by atoms with Gasteiger partial charge in [0.15, 0.2) is 0 Å². The van der Waals surface area contributed by atoms with E-state index < -0.39 is 0 Å². The van der Waals surface area contributed by atoms with Gasteiger partial charge in [0.05, 0.1) is 11.3 Å². The highest BCUT2D eigenvalue weighted by molar-refractivity contribution is 6.09. The highest BCUT2D eigenvalue weighted by atomic mass is 16.3. The topological polar surface area (TPSA) is 62.2 Å². The van der Waals surface area contributed by atoms with Crippen LogP contribution >= 0.6 is 0 Å². The Bertz CT molecular complexity index is 2580. The van der Waals surface area contributed by atoms with Crippen molar-refractivity contribution in [2.45, 2.75) is 25.8 Å². The van der Waals surface area contributed by atoms with E-state index in [4.69, 9.17) is 14.2 Å². The van der Waals surface area contributed by atoms with Gasteiger partial charge in [0, 0.05) is 38.8 Å². The summed E-state index contributed by atoms with van der Waals surface area (Å²) in [5.41, 5.74) is 14.0. The number of para-hydroxylation sites is 1. The average molecular weight is 637 g/mol. The molecule has 2 aliphatic carbocycles. The van der Waals surface area contributed by atoms with Crippen molar-refractivity contribution in [1.29, 1.82) is 5.41 Å². The Labute approximate surface area is 285 Å². The first-order valence-corrected chi connectivity index (χ1v) is 16.8. The number of amidine groups is 1. The molecule has 0 aliphatic heterocycles. The maximum atomic E-state index is 8.84. The predicted octanol–water partition coefficient (Wildman–Crippen LogP) is 9.80. The van der Waals surface area contributed by atoms with Crippen LogP contribution in [-0.4, -0.2) is 5.84 Å². The molecule has 2 heterocycles. The Morgan fingerprint density at radius 2 is 1.76 bits per heavy atom. The Kier molecular flexibility index (Phi) is 7.72. The van der Waals surface area contributed by atoms with Gasteiger partial charge in [-0.1, -0.05) is 117 Å². The fraction of sp³-hybridized carbons (Fsp3) is 0.111. The maximum absolute atomic E-state index is 8.84. The number of hydrogen-bond acceptors (Lipinski definition) is 3.